The second-order valence-corrected chi connectivity index (χ2v) is 25.2. The van der Waals surface area contributed by atoms with Crippen molar-refractivity contribution in [1.29, 1.82) is 0 Å². The number of carbonyl (C=O) groups is 2. The summed E-state index contributed by atoms with van der Waals surface area (Å²) >= 11 is 25.6. The highest BCUT2D eigenvalue weighted by Gasteiger charge is 2.31. The quantitative estimate of drug-likeness (QED) is 0.0412. The maximum absolute atomic E-state index is 13.0. The Morgan fingerprint density at radius 1 is 0.551 bits per heavy atom. The van der Waals surface area contributed by atoms with Gasteiger partial charge >= 0.3 is 0 Å². The Labute approximate surface area is 478 Å². The fraction of sp³-hybridized carbons (Fsp3) is 0.527. The predicted molar refractivity (Wildman–Crippen MR) is 300 cm³/mol. The Morgan fingerprint density at radius 3 is 1.33 bits per heavy atom. The van der Waals surface area contributed by atoms with Gasteiger partial charge in [-0.1, -0.05) is 70.7 Å². The number of amides is 1. The molecule has 4 aromatic rings. The maximum Gasteiger partial charge on any atom is 0.252 e. The molecule has 4 aromatic carbocycles. The molecule has 1 amide bonds. The molecule has 3 N–H and O–H groups in total. The van der Waals surface area contributed by atoms with Crippen LogP contribution in [0.25, 0.3) is 0 Å². The number of Topliss-reactive ketones (excluding diaryl/α,β-unsaturated/α-hetero) is 1. The van der Waals surface area contributed by atoms with E-state index in [0.717, 1.165) is 46.5 Å². The number of hydrogen-bond donors (Lipinski definition) is 3. The van der Waals surface area contributed by atoms with Gasteiger partial charge in [0.2, 0.25) is 0 Å². The molecule has 0 radical (unpaired) electrons. The fourth-order valence-electron chi connectivity index (χ4n) is 9.26. The van der Waals surface area contributed by atoms with Crippen molar-refractivity contribution < 1.29 is 65.1 Å². The number of nitrogens with one attached hydrogen (secondary N) is 1. The first-order chi connectivity index (χ1) is 37.3. The van der Waals surface area contributed by atoms with Crippen molar-refractivity contribution in [2.24, 2.45) is 0 Å². The second kappa shape index (κ2) is 31.8. The van der Waals surface area contributed by atoms with E-state index >= 15 is 0 Å². The first kappa shape index (κ1) is 63.9. The molecule has 0 fully saturated rings. The van der Waals surface area contributed by atoms with Gasteiger partial charge in [-0.25, -0.2) is 16.8 Å². The average molecular weight is 1200 g/mol. The van der Waals surface area contributed by atoms with Crippen molar-refractivity contribution in [2.45, 2.75) is 72.6 Å². The van der Waals surface area contributed by atoms with Crippen molar-refractivity contribution in [1.82, 2.24) is 15.1 Å². The van der Waals surface area contributed by atoms with Crippen LogP contribution in [-0.4, -0.2) is 185 Å². The summed E-state index contributed by atoms with van der Waals surface area (Å²) in [6.45, 7) is 5.76. The lowest BCUT2D eigenvalue weighted by Crippen LogP contribution is -2.46. The smallest absolute Gasteiger partial charge is 0.252 e. The standard InChI is InChI=1S/C55H71Cl4N3O14S2/c1-61-34-46(44-30-40(56)32-50(58)48(44)36-61)38-7-11-42(12-8-38)77(67,68)28-4-17-72-21-25-75-24-20-71-16-3-6-52(63)53(64)54(65)55(66)60-15-19-74-23-27-76-26-22-73-18-5-29-78(69,70)43-13-9-39(10-14-43)47-35-62(2)37-49-45(47)31-41(57)33-51(49)59/h7-14,30-33,46-47,53-54,64-65H,3-6,15-29,34-37H2,1-2H3,(H,60,66)/t46-,47-,53+,54-/m0/s1. The van der Waals surface area contributed by atoms with E-state index in [2.05, 4.69) is 15.1 Å². The van der Waals surface area contributed by atoms with Gasteiger partial charge in [0.25, 0.3) is 5.91 Å². The van der Waals surface area contributed by atoms with Crippen LogP contribution in [-0.2, 0) is 70.8 Å². The number of ether oxygens (including phenoxy) is 6. The van der Waals surface area contributed by atoms with Gasteiger partial charge in [0.05, 0.1) is 80.8 Å². The minimum absolute atomic E-state index is 0.00674. The largest absolute Gasteiger partial charge is 0.382 e. The van der Waals surface area contributed by atoms with Gasteiger partial charge < -0.3 is 53.8 Å². The topological polar surface area (TPSA) is 217 Å². The number of aliphatic hydroxyl groups excluding tert-OH is 2. The highest BCUT2D eigenvalue weighted by atomic mass is 35.5. The van der Waals surface area contributed by atoms with E-state index in [1.165, 1.54) is 0 Å². The summed E-state index contributed by atoms with van der Waals surface area (Å²) in [6, 6.07) is 21.3. The summed E-state index contributed by atoms with van der Waals surface area (Å²) in [7, 11) is -2.99. The lowest BCUT2D eigenvalue weighted by molar-refractivity contribution is -0.145. The van der Waals surface area contributed by atoms with E-state index in [9.17, 15) is 36.6 Å². The van der Waals surface area contributed by atoms with Gasteiger partial charge in [-0.05, 0) is 115 Å². The van der Waals surface area contributed by atoms with Crippen LogP contribution >= 0.6 is 46.4 Å². The van der Waals surface area contributed by atoms with Crippen LogP contribution in [0.1, 0.15) is 70.9 Å². The number of halogens is 4. The molecule has 430 valence electrons. The fourth-order valence-corrected chi connectivity index (χ4v) is 13.0. The van der Waals surface area contributed by atoms with E-state index in [-0.39, 0.29) is 132 Å². The summed E-state index contributed by atoms with van der Waals surface area (Å²) in [4.78, 5) is 29.6. The van der Waals surface area contributed by atoms with E-state index in [0.29, 0.717) is 46.0 Å². The van der Waals surface area contributed by atoms with Gasteiger partial charge in [0.15, 0.2) is 31.6 Å². The normalized spacial score (nSPS) is 16.9. The first-order valence-corrected chi connectivity index (χ1v) is 30.8. The Bertz CT molecular complexity index is 2610. The SMILES string of the molecule is CN1Cc2c(Cl)cc(Cl)cc2[C@H](c2ccc(S(=O)(=O)CCCOCCOCCOCCCC(=O)[C@@H](O)[C@H](O)C(=O)NCCOCCOCCOCCCS(=O)(=O)c3ccc([C@@H]4CN(C)Cc5c(Cl)cc(Cl)cc54)cc3)cc2)C1. The van der Waals surface area contributed by atoms with Crippen molar-refractivity contribution in [3.63, 3.8) is 0 Å². The van der Waals surface area contributed by atoms with Crippen LogP contribution in [0.3, 0.4) is 0 Å². The minimum Gasteiger partial charge on any atom is -0.382 e. The molecule has 23 heteroatoms. The van der Waals surface area contributed by atoms with E-state index in [1.807, 2.05) is 50.5 Å². The molecule has 0 saturated carbocycles. The molecule has 6 rings (SSSR count). The number of likely N-dealkylation sites (N-methyl/N-ethyl adjacent to an activating group) is 2. The first-order valence-electron chi connectivity index (χ1n) is 26.0. The van der Waals surface area contributed by atoms with Crippen LogP contribution in [0.2, 0.25) is 20.1 Å². The Balaban J connectivity index is 0.705. The number of ketones is 1. The number of aliphatic hydroxyl groups is 2. The van der Waals surface area contributed by atoms with Crippen molar-refractivity contribution in [2.75, 3.05) is 125 Å². The highest BCUT2D eigenvalue weighted by molar-refractivity contribution is 7.91. The van der Waals surface area contributed by atoms with Crippen LogP contribution in [0.4, 0.5) is 0 Å². The van der Waals surface area contributed by atoms with E-state index in [1.54, 1.807) is 36.4 Å². The molecule has 78 heavy (non-hydrogen) atoms. The van der Waals surface area contributed by atoms with Crippen LogP contribution < -0.4 is 5.32 Å². The van der Waals surface area contributed by atoms with Gasteiger partial charge in [0.1, 0.15) is 6.10 Å². The monoisotopic (exact) mass is 1200 g/mol. The second-order valence-electron chi connectivity index (χ2n) is 19.3. The number of hydrogen-bond acceptors (Lipinski definition) is 16. The molecule has 4 atom stereocenters. The minimum atomic E-state index is -3.52. The van der Waals surface area contributed by atoms with E-state index in [4.69, 9.17) is 74.8 Å². The molecule has 0 bridgehead atoms. The summed E-state index contributed by atoms with van der Waals surface area (Å²) in [6.07, 6.45) is -3.08. The van der Waals surface area contributed by atoms with Gasteiger partial charge in [-0.2, -0.15) is 0 Å². The molecule has 0 unspecified atom stereocenters. The summed E-state index contributed by atoms with van der Waals surface area (Å²) in [5, 5.41) is 25.2. The van der Waals surface area contributed by atoms with Crippen molar-refractivity contribution in [3.8, 4) is 0 Å². The zero-order chi connectivity index (χ0) is 56.2. The molecule has 0 aliphatic carbocycles. The predicted octanol–water partition coefficient (Wildman–Crippen LogP) is 6.77. The number of sulfone groups is 2. The Hall–Kier alpha value is -3.32. The third-order valence-corrected chi connectivity index (χ3v) is 18.1. The number of carbonyl (C=O) groups excluding carboxylic acids is 2. The Morgan fingerprint density at radius 2 is 0.923 bits per heavy atom. The van der Waals surface area contributed by atoms with Gasteiger partial charge in [-0.15, -0.1) is 0 Å². The third-order valence-electron chi connectivity index (χ3n) is 13.3. The van der Waals surface area contributed by atoms with Crippen LogP contribution in [0.15, 0.2) is 82.6 Å². The molecular weight excluding hydrogens is 1130 g/mol. The van der Waals surface area contributed by atoms with Crippen molar-refractivity contribution in [3.05, 3.63) is 126 Å². The van der Waals surface area contributed by atoms with Crippen LogP contribution in [0, 0.1) is 0 Å². The summed E-state index contributed by atoms with van der Waals surface area (Å²) in [5.41, 5.74) is 6.13. The summed E-state index contributed by atoms with van der Waals surface area (Å²) in [5.74, 6) is -1.73. The number of nitrogens with zero attached hydrogens (tertiary/aromatic N) is 2. The molecular formula is C55H71Cl4N3O14S2. The number of fused-ring (bicyclic) bond motifs is 2. The average Bonchev–Trinajstić information content (AvgIpc) is 3.47. The zero-order valence-corrected chi connectivity index (χ0v) is 48.7. The summed E-state index contributed by atoms with van der Waals surface area (Å²) < 4.78 is 85.1. The molecule has 0 spiro atoms. The molecule has 0 saturated heterocycles. The van der Waals surface area contributed by atoms with Crippen molar-refractivity contribution >= 4 is 77.8 Å². The van der Waals surface area contributed by atoms with Crippen LogP contribution in [0.5, 0.6) is 0 Å². The number of benzene rings is 4. The molecule has 2 aliphatic rings. The zero-order valence-electron chi connectivity index (χ0n) is 44.0. The number of rotatable bonds is 34. The van der Waals surface area contributed by atoms with Gasteiger partial charge in [0, 0.05) is 90.9 Å². The molecule has 2 aliphatic heterocycles. The Kier molecular flexibility index (Phi) is 26.0. The lowest BCUT2D eigenvalue weighted by atomic mass is 9.85. The lowest BCUT2D eigenvalue weighted by Gasteiger charge is -2.33. The molecule has 0 aromatic heterocycles. The maximum atomic E-state index is 13.0. The molecule has 17 nitrogen and oxygen atoms in total. The molecule has 2 heterocycles. The van der Waals surface area contributed by atoms with Gasteiger partial charge in [-0.3, -0.25) is 9.59 Å². The third kappa shape index (κ3) is 19.4. The highest BCUT2D eigenvalue weighted by Crippen LogP contribution is 2.40. The van der Waals surface area contributed by atoms with E-state index < -0.39 is 43.6 Å².